The molecule has 150 valence electrons. The number of aliphatic hydroxyl groups excluding tert-OH is 1. The van der Waals surface area contributed by atoms with Gasteiger partial charge in [0.05, 0.1) is 11.6 Å². The summed E-state index contributed by atoms with van der Waals surface area (Å²) in [7, 11) is 0. The van der Waals surface area contributed by atoms with E-state index in [0.29, 0.717) is 5.56 Å². The van der Waals surface area contributed by atoms with E-state index in [1.165, 1.54) is 29.2 Å². The van der Waals surface area contributed by atoms with E-state index in [4.69, 9.17) is 0 Å². The third-order valence-electron chi connectivity index (χ3n) is 5.02. The van der Waals surface area contributed by atoms with E-state index < -0.39 is 23.5 Å². The number of likely N-dealkylation sites (tertiary alicyclic amines) is 1. The van der Waals surface area contributed by atoms with Gasteiger partial charge in [0, 0.05) is 16.6 Å². The van der Waals surface area contributed by atoms with E-state index in [2.05, 4.69) is 15.9 Å². The molecule has 4 rings (SSSR count). The molecule has 0 aromatic heterocycles. The van der Waals surface area contributed by atoms with Gasteiger partial charge in [-0.15, -0.1) is 0 Å². The van der Waals surface area contributed by atoms with Crippen LogP contribution in [0.4, 0.5) is 4.39 Å². The highest BCUT2D eigenvalue weighted by molar-refractivity contribution is 9.10. The van der Waals surface area contributed by atoms with Gasteiger partial charge in [0.15, 0.2) is 0 Å². The molecule has 1 atom stereocenters. The van der Waals surface area contributed by atoms with Crippen LogP contribution in [0, 0.1) is 5.82 Å². The average Bonchev–Trinajstić information content (AvgIpc) is 2.99. The number of amides is 1. The number of rotatable bonds is 4. The molecule has 0 aliphatic carbocycles. The predicted octanol–water partition coefficient (Wildman–Crippen LogP) is 5.21. The van der Waals surface area contributed by atoms with Gasteiger partial charge < -0.3 is 10.0 Å². The Bertz CT molecular complexity index is 1140. The van der Waals surface area contributed by atoms with Crippen LogP contribution in [0.25, 0.3) is 5.76 Å². The molecule has 1 N–H and O–H groups in total. The number of hydrogen-bond acceptors (Lipinski definition) is 3. The van der Waals surface area contributed by atoms with Gasteiger partial charge in [-0.05, 0) is 47.5 Å². The number of benzene rings is 3. The number of hydrogen-bond donors (Lipinski definition) is 1. The molecular formula is C24H17BrFNO3. The second kappa shape index (κ2) is 8.24. The van der Waals surface area contributed by atoms with Crippen molar-refractivity contribution < 1.29 is 19.1 Å². The molecule has 0 spiro atoms. The minimum atomic E-state index is -0.771. The van der Waals surface area contributed by atoms with Crippen LogP contribution in [0.5, 0.6) is 0 Å². The zero-order valence-electron chi connectivity index (χ0n) is 15.8. The molecular weight excluding hydrogens is 449 g/mol. The van der Waals surface area contributed by atoms with Gasteiger partial charge in [0.25, 0.3) is 11.7 Å². The van der Waals surface area contributed by atoms with Crippen molar-refractivity contribution in [3.63, 3.8) is 0 Å². The number of ketones is 1. The van der Waals surface area contributed by atoms with Crippen LogP contribution in [0.3, 0.4) is 0 Å². The normalized spacial score (nSPS) is 18.1. The summed E-state index contributed by atoms with van der Waals surface area (Å²) in [5.74, 6) is -2.24. The highest BCUT2D eigenvalue weighted by atomic mass is 79.9. The minimum absolute atomic E-state index is 0.0133. The summed E-state index contributed by atoms with van der Waals surface area (Å²) in [6.45, 7) is 0.211. The standard InChI is InChI=1S/C24H17BrFNO3/c25-18-8-4-7-17(13-18)21-20(22(28)16-9-11-19(26)12-10-16)23(29)24(30)27(21)14-15-5-2-1-3-6-15/h1-13,21,28H,14H2. The van der Waals surface area contributed by atoms with Gasteiger partial charge in [0.2, 0.25) is 0 Å². The summed E-state index contributed by atoms with van der Waals surface area (Å²) in [6.07, 6.45) is 0. The van der Waals surface area contributed by atoms with E-state index >= 15 is 0 Å². The fraction of sp³-hybridized carbons (Fsp3) is 0.0833. The molecule has 4 nitrogen and oxygen atoms in total. The fourth-order valence-corrected chi connectivity index (χ4v) is 4.03. The van der Waals surface area contributed by atoms with E-state index in [-0.39, 0.29) is 23.4 Å². The molecule has 1 aliphatic heterocycles. The van der Waals surface area contributed by atoms with Crippen LogP contribution in [0.2, 0.25) is 0 Å². The van der Waals surface area contributed by atoms with E-state index in [0.717, 1.165) is 10.0 Å². The summed E-state index contributed by atoms with van der Waals surface area (Å²) in [4.78, 5) is 27.4. The molecule has 1 aliphatic rings. The first kappa shape index (κ1) is 20.0. The van der Waals surface area contributed by atoms with Crippen LogP contribution in [-0.4, -0.2) is 21.7 Å². The van der Waals surface area contributed by atoms with Crippen molar-refractivity contribution in [1.82, 2.24) is 4.90 Å². The molecule has 0 saturated carbocycles. The van der Waals surface area contributed by atoms with Crippen molar-refractivity contribution in [1.29, 1.82) is 0 Å². The smallest absolute Gasteiger partial charge is 0.295 e. The Balaban J connectivity index is 1.87. The summed E-state index contributed by atoms with van der Waals surface area (Å²) >= 11 is 3.43. The third-order valence-corrected chi connectivity index (χ3v) is 5.51. The highest BCUT2D eigenvalue weighted by Gasteiger charge is 2.46. The van der Waals surface area contributed by atoms with Crippen molar-refractivity contribution in [2.45, 2.75) is 12.6 Å². The molecule has 0 bridgehead atoms. The lowest BCUT2D eigenvalue weighted by molar-refractivity contribution is -0.140. The number of carbonyl (C=O) groups is 2. The minimum Gasteiger partial charge on any atom is -0.507 e. The topological polar surface area (TPSA) is 57.6 Å². The predicted molar refractivity (Wildman–Crippen MR) is 115 cm³/mol. The second-order valence-corrected chi connectivity index (χ2v) is 7.89. The largest absolute Gasteiger partial charge is 0.507 e. The van der Waals surface area contributed by atoms with Crippen LogP contribution in [-0.2, 0) is 16.1 Å². The van der Waals surface area contributed by atoms with E-state index in [1.54, 1.807) is 12.1 Å². The first-order valence-corrected chi connectivity index (χ1v) is 10.1. The lowest BCUT2D eigenvalue weighted by atomic mass is 9.95. The maximum absolute atomic E-state index is 13.3. The molecule has 1 amide bonds. The monoisotopic (exact) mass is 465 g/mol. The third kappa shape index (κ3) is 3.78. The van der Waals surface area contributed by atoms with Gasteiger partial charge in [-0.2, -0.15) is 0 Å². The Labute approximate surface area is 181 Å². The molecule has 1 saturated heterocycles. The first-order valence-electron chi connectivity index (χ1n) is 9.29. The Hall–Kier alpha value is -3.25. The summed E-state index contributed by atoms with van der Waals surface area (Å²) in [5, 5.41) is 10.9. The van der Waals surface area contributed by atoms with Crippen molar-refractivity contribution in [3.8, 4) is 0 Å². The van der Waals surface area contributed by atoms with Gasteiger partial charge >= 0.3 is 0 Å². The molecule has 0 radical (unpaired) electrons. The fourth-order valence-electron chi connectivity index (χ4n) is 3.61. The summed E-state index contributed by atoms with van der Waals surface area (Å²) in [6, 6.07) is 21.0. The lowest BCUT2D eigenvalue weighted by Crippen LogP contribution is -2.29. The van der Waals surface area contributed by atoms with Gasteiger partial charge in [-0.1, -0.05) is 58.4 Å². The number of Topliss-reactive ketones (excluding diaryl/α,β-unsaturated/α-hetero) is 1. The molecule has 3 aromatic rings. The van der Waals surface area contributed by atoms with Crippen LogP contribution >= 0.6 is 15.9 Å². The quantitative estimate of drug-likeness (QED) is 0.326. The first-order chi connectivity index (χ1) is 14.5. The molecule has 3 aromatic carbocycles. The molecule has 6 heteroatoms. The zero-order chi connectivity index (χ0) is 21.3. The molecule has 30 heavy (non-hydrogen) atoms. The maximum Gasteiger partial charge on any atom is 0.295 e. The summed E-state index contributed by atoms with van der Waals surface area (Å²) < 4.78 is 14.1. The Morgan fingerprint density at radius 1 is 0.967 bits per heavy atom. The highest BCUT2D eigenvalue weighted by Crippen LogP contribution is 2.40. The Morgan fingerprint density at radius 3 is 2.33 bits per heavy atom. The van der Waals surface area contributed by atoms with Crippen molar-refractivity contribution >= 4 is 33.4 Å². The van der Waals surface area contributed by atoms with Gasteiger partial charge in [-0.3, -0.25) is 9.59 Å². The summed E-state index contributed by atoms with van der Waals surface area (Å²) in [5.41, 5.74) is 1.80. The maximum atomic E-state index is 13.3. The zero-order valence-corrected chi connectivity index (χ0v) is 17.3. The van der Waals surface area contributed by atoms with E-state index in [1.807, 2.05) is 42.5 Å². The van der Waals surface area contributed by atoms with Crippen LogP contribution in [0.15, 0.2) is 88.9 Å². The Kier molecular flexibility index (Phi) is 5.50. The van der Waals surface area contributed by atoms with Gasteiger partial charge in [-0.25, -0.2) is 4.39 Å². The molecule has 1 fully saturated rings. The number of aliphatic hydroxyl groups is 1. The lowest BCUT2D eigenvalue weighted by Gasteiger charge is -2.25. The van der Waals surface area contributed by atoms with Crippen molar-refractivity contribution in [3.05, 3.63) is 111 Å². The second-order valence-electron chi connectivity index (χ2n) is 6.97. The Morgan fingerprint density at radius 2 is 1.67 bits per heavy atom. The van der Waals surface area contributed by atoms with Gasteiger partial charge in [0.1, 0.15) is 11.6 Å². The molecule has 1 unspecified atom stereocenters. The average molecular weight is 466 g/mol. The van der Waals surface area contributed by atoms with Crippen LogP contribution in [0.1, 0.15) is 22.7 Å². The van der Waals surface area contributed by atoms with E-state index in [9.17, 15) is 19.1 Å². The van der Waals surface area contributed by atoms with Crippen molar-refractivity contribution in [2.24, 2.45) is 0 Å². The number of carbonyl (C=O) groups excluding carboxylic acids is 2. The number of halogens is 2. The molecule has 1 heterocycles. The van der Waals surface area contributed by atoms with Crippen molar-refractivity contribution in [2.75, 3.05) is 0 Å². The number of nitrogens with zero attached hydrogens (tertiary/aromatic N) is 1. The SMILES string of the molecule is O=C1C(=O)N(Cc2ccccc2)C(c2cccc(Br)c2)C1=C(O)c1ccc(F)cc1. The van der Waals surface area contributed by atoms with Crippen LogP contribution < -0.4 is 0 Å².